The number of aliphatic hydroxyl groups is 1. The van der Waals surface area contributed by atoms with Gasteiger partial charge in [-0.25, -0.2) is 0 Å². The highest BCUT2D eigenvalue weighted by Crippen LogP contribution is 2.32. The van der Waals surface area contributed by atoms with Gasteiger partial charge in [0.2, 0.25) is 0 Å². The Labute approximate surface area is 164 Å². The van der Waals surface area contributed by atoms with Crippen molar-refractivity contribution in [1.29, 1.82) is 0 Å². The van der Waals surface area contributed by atoms with E-state index in [0.717, 1.165) is 64.6 Å². The number of halogens is 1. The van der Waals surface area contributed by atoms with Crippen molar-refractivity contribution in [2.24, 2.45) is 10.4 Å². The molecule has 24 heavy (non-hydrogen) atoms. The monoisotopic (exact) mass is 457 g/mol. The van der Waals surface area contributed by atoms with Crippen LogP contribution >= 0.6 is 24.0 Å². The van der Waals surface area contributed by atoms with E-state index in [1.807, 2.05) is 0 Å². The predicted octanol–water partition coefficient (Wildman–Crippen LogP) is 2.16. The Morgan fingerprint density at radius 2 is 2.04 bits per heavy atom. The molecule has 1 heterocycles. The van der Waals surface area contributed by atoms with E-state index in [4.69, 9.17) is 14.5 Å². The first kappa shape index (κ1) is 23.9. The summed E-state index contributed by atoms with van der Waals surface area (Å²) in [5, 5.41) is 15.9. The van der Waals surface area contributed by atoms with Gasteiger partial charge in [-0.3, -0.25) is 4.99 Å². The Bertz CT molecular complexity index is 324. The van der Waals surface area contributed by atoms with E-state index in [1.165, 1.54) is 6.42 Å². The number of nitrogens with one attached hydrogen (secondary N) is 2. The second-order valence-corrected chi connectivity index (χ2v) is 6.22. The maximum absolute atomic E-state index is 9.27. The van der Waals surface area contributed by atoms with E-state index in [1.54, 1.807) is 0 Å². The smallest absolute Gasteiger partial charge is 0.191 e. The molecule has 1 atom stereocenters. The van der Waals surface area contributed by atoms with Crippen molar-refractivity contribution in [1.82, 2.24) is 10.6 Å². The Balaban J connectivity index is 0.00000529. The number of guanidine groups is 1. The Morgan fingerprint density at radius 1 is 1.25 bits per heavy atom. The molecule has 6 nitrogen and oxygen atoms in total. The highest BCUT2D eigenvalue weighted by atomic mass is 127. The van der Waals surface area contributed by atoms with E-state index in [2.05, 4.69) is 24.5 Å². The molecule has 1 rings (SSSR count). The third-order valence-electron chi connectivity index (χ3n) is 4.14. The largest absolute Gasteiger partial charge is 0.396 e. The highest BCUT2D eigenvalue weighted by Gasteiger charge is 2.34. The van der Waals surface area contributed by atoms with Gasteiger partial charge in [0.15, 0.2) is 5.96 Å². The molecule has 7 heteroatoms. The zero-order valence-corrected chi connectivity index (χ0v) is 17.6. The second-order valence-electron chi connectivity index (χ2n) is 6.22. The van der Waals surface area contributed by atoms with Crippen LogP contribution in [0.15, 0.2) is 4.99 Å². The van der Waals surface area contributed by atoms with Gasteiger partial charge in [0, 0.05) is 44.9 Å². The first-order chi connectivity index (χ1) is 11.3. The molecular formula is C17H36IN3O3. The van der Waals surface area contributed by atoms with Crippen LogP contribution in [0.1, 0.15) is 46.0 Å². The summed E-state index contributed by atoms with van der Waals surface area (Å²) in [6.07, 6.45) is 5.00. The van der Waals surface area contributed by atoms with Gasteiger partial charge >= 0.3 is 0 Å². The molecule has 0 radical (unpaired) electrons. The summed E-state index contributed by atoms with van der Waals surface area (Å²) in [4.78, 5) is 4.70. The molecule has 1 saturated heterocycles. The van der Waals surface area contributed by atoms with Crippen LogP contribution in [-0.2, 0) is 9.47 Å². The Kier molecular flexibility index (Phi) is 15.1. The molecule has 0 saturated carbocycles. The molecule has 0 bridgehead atoms. The summed E-state index contributed by atoms with van der Waals surface area (Å²) in [6.45, 7) is 9.91. The molecule has 0 amide bonds. The van der Waals surface area contributed by atoms with Gasteiger partial charge in [-0.15, -0.1) is 24.0 Å². The van der Waals surface area contributed by atoms with Crippen molar-refractivity contribution in [3.05, 3.63) is 0 Å². The van der Waals surface area contributed by atoms with E-state index in [0.29, 0.717) is 13.2 Å². The first-order valence-electron chi connectivity index (χ1n) is 9.05. The number of rotatable bonds is 12. The third-order valence-corrected chi connectivity index (χ3v) is 4.14. The lowest BCUT2D eigenvalue weighted by Gasteiger charge is -2.24. The SMILES string of the molecule is CCCCOCCCNC(=NCC1(CCO)CCOC1)NCC.I. The van der Waals surface area contributed by atoms with Gasteiger partial charge in [0.1, 0.15) is 0 Å². The quantitative estimate of drug-likeness (QED) is 0.181. The van der Waals surface area contributed by atoms with Gasteiger partial charge in [-0.05, 0) is 32.6 Å². The van der Waals surface area contributed by atoms with Crippen LogP contribution in [0.25, 0.3) is 0 Å². The van der Waals surface area contributed by atoms with E-state index >= 15 is 0 Å². The highest BCUT2D eigenvalue weighted by molar-refractivity contribution is 14.0. The average molecular weight is 457 g/mol. The number of hydrogen-bond acceptors (Lipinski definition) is 4. The molecule has 0 aromatic carbocycles. The fourth-order valence-electron chi connectivity index (χ4n) is 2.61. The minimum Gasteiger partial charge on any atom is -0.396 e. The van der Waals surface area contributed by atoms with Crippen molar-refractivity contribution >= 4 is 29.9 Å². The van der Waals surface area contributed by atoms with Crippen LogP contribution in [-0.4, -0.2) is 63.7 Å². The fourth-order valence-corrected chi connectivity index (χ4v) is 2.61. The third kappa shape index (κ3) is 10.0. The van der Waals surface area contributed by atoms with E-state index in [9.17, 15) is 5.11 Å². The van der Waals surface area contributed by atoms with Crippen LogP contribution in [0.3, 0.4) is 0 Å². The van der Waals surface area contributed by atoms with Gasteiger partial charge in [0.05, 0.1) is 13.2 Å². The predicted molar refractivity (Wildman–Crippen MR) is 109 cm³/mol. The van der Waals surface area contributed by atoms with Gasteiger partial charge < -0.3 is 25.2 Å². The topological polar surface area (TPSA) is 75.1 Å². The zero-order chi connectivity index (χ0) is 16.8. The fraction of sp³-hybridized carbons (Fsp3) is 0.941. The lowest BCUT2D eigenvalue weighted by Crippen LogP contribution is -2.39. The molecule has 144 valence electrons. The maximum Gasteiger partial charge on any atom is 0.191 e. The van der Waals surface area contributed by atoms with Crippen molar-refractivity contribution in [2.75, 3.05) is 52.7 Å². The molecule has 1 unspecified atom stereocenters. The van der Waals surface area contributed by atoms with Crippen molar-refractivity contribution < 1.29 is 14.6 Å². The van der Waals surface area contributed by atoms with Crippen molar-refractivity contribution in [3.63, 3.8) is 0 Å². The summed E-state index contributed by atoms with van der Waals surface area (Å²) in [6, 6.07) is 0. The van der Waals surface area contributed by atoms with Crippen LogP contribution in [0.2, 0.25) is 0 Å². The van der Waals surface area contributed by atoms with Gasteiger partial charge in [0.25, 0.3) is 0 Å². The first-order valence-corrected chi connectivity index (χ1v) is 9.05. The molecule has 0 spiro atoms. The summed E-state index contributed by atoms with van der Waals surface area (Å²) >= 11 is 0. The number of hydrogen-bond donors (Lipinski definition) is 3. The number of aliphatic hydroxyl groups excluding tert-OH is 1. The zero-order valence-electron chi connectivity index (χ0n) is 15.3. The molecule has 1 aliphatic heterocycles. The molecule has 1 aliphatic rings. The average Bonchev–Trinajstić information content (AvgIpc) is 3.01. The molecular weight excluding hydrogens is 421 g/mol. The summed E-state index contributed by atoms with van der Waals surface area (Å²) in [5.74, 6) is 0.838. The summed E-state index contributed by atoms with van der Waals surface area (Å²) < 4.78 is 11.1. The molecule has 0 aromatic rings. The van der Waals surface area contributed by atoms with Crippen LogP contribution in [0, 0.1) is 5.41 Å². The minimum atomic E-state index is 0. The van der Waals surface area contributed by atoms with Gasteiger partial charge in [-0.2, -0.15) is 0 Å². The van der Waals surface area contributed by atoms with E-state index < -0.39 is 0 Å². The molecule has 0 aliphatic carbocycles. The summed E-state index contributed by atoms with van der Waals surface area (Å²) in [7, 11) is 0. The van der Waals surface area contributed by atoms with E-state index in [-0.39, 0.29) is 36.0 Å². The van der Waals surface area contributed by atoms with Crippen molar-refractivity contribution in [3.8, 4) is 0 Å². The van der Waals surface area contributed by atoms with Crippen LogP contribution in [0.5, 0.6) is 0 Å². The standard InChI is InChI=1S/C17H35N3O3.HI/c1-3-5-11-22-12-6-9-19-16(18-4-2)20-14-17(7-10-21)8-13-23-15-17;/h21H,3-15H2,1-2H3,(H2,18,19,20);1H. The van der Waals surface area contributed by atoms with Gasteiger partial charge in [-0.1, -0.05) is 13.3 Å². The normalized spacial score (nSPS) is 20.7. The molecule has 0 aromatic heterocycles. The lowest BCUT2D eigenvalue weighted by molar-refractivity contribution is 0.129. The van der Waals surface area contributed by atoms with Crippen LogP contribution < -0.4 is 10.6 Å². The van der Waals surface area contributed by atoms with Crippen molar-refractivity contribution in [2.45, 2.75) is 46.0 Å². The number of unbranched alkanes of at least 4 members (excludes halogenated alkanes) is 1. The number of aliphatic imine (C=N–C) groups is 1. The Morgan fingerprint density at radius 3 is 2.67 bits per heavy atom. The lowest BCUT2D eigenvalue weighted by atomic mass is 9.84. The maximum atomic E-state index is 9.27. The summed E-state index contributed by atoms with van der Waals surface area (Å²) in [5.41, 5.74) is 0.000362. The Hall–Kier alpha value is -0.120. The van der Waals surface area contributed by atoms with Crippen LogP contribution in [0.4, 0.5) is 0 Å². The molecule has 3 N–H and O–H groups in total. The molecule has 1 fully saturated rings. The number of nitrogens with zero attached hydrogens (tertiary/aromatic N) is 1. The second kappa shape index (κ2) is 15.2. The minimum absolute atomic E-state index is 0. The number of ether oxygens (including phenoxy) is 2.